The highest BCUT2D eigenvalue weighted by Gasteiger charge is 2.24. The number of ketones is 1. The van der Waals surface area contributed by atoms with Crippen molar-refractivity contribution in [2.75, 3.05) is 7.11 Å². The van der Waals surface area contributed by atoms with Gasteiger partial charge in [0.05, 0.1) is 0 Å². The van der Waals surface area contributed by atoms with E-state index in [2.05, 4.69) is 19.1 Å². The van der Waals surface area contributed by atoms with Crippen LogP contribution < -0.4 is 0 Å². The molecule has 2 atom stereocenters. The van der Waals surface area contributed by atoms with Crippen molar-refractivity contribution >= 4 is 5.78 Å². The Morgan fingerprint density at radius 1 is 1.00 bits per heavy atom. The molecule has 1 N–H and O–H groups in total. The summed E-state index contributed by atoms with van der Waals surface area (Å²) in [5.41, 5.74) is 0. The molecule has 2 heteroatoms. The van der Waals surface area contributed by atoms with Gasteiger partial charge in [-0.05, 0) is 57.3 Å². The van der Waals surface area contributed by atoms with Gasteiger partial charge >= 0.3 is 0 Å². The highest BCUT2D eigenvalue weighted by molar-refractivity contribution is 5.75. The van der Waals surface area contributed by atoms with Crippen LogP contribution in [0.3, 0.4) is 0 Å². The number of aliphatic hydroxyl groups is 1. The van der Waals surface area contributed by atoms with E-state index in [-0.39, 0.29) is 0 Å². The van der Waals surface area contributed by atoms with Crippen LogP contribution in [0.1, 0.15) is 104 Å². The molecule has 1 aliphatic rings. The molecule has 142 valence electrons. The largest absolute Gasteiger partial charge is 0.400 e. The van der Waals surface area contributed by atoms with Gasteiger partial charge in [-0.2, -0.15) is 0 Å². The Balaban J connectivity index is 0.00000254. The highest BCUT2D eigenvalue weighted by atomic mass is 16.2. The van der Waals surface area contributed by atoms with Crippen LogP contribution in [0.2, 0.25) is 0 Å². The van der Waals surface area contributed by atoms with E-state index in [9.17, 15) is 4.79 Å². The third kappa shape index (κ3) is 12.8. The summed E-state index contributed by atoms with van der Waals surface area (Å²) in [5, 5.41) is 7.00. The van der Waals surface area contributed by atoms with Crippen molar-refractivity contribution in [3.63, 3.8) is 0 Å². The lowest BCUT2D eigenvalue weighted by molar-refractivity contribution is -0.117. The summed E-state index contributed by atoms with van der Waals surface area (Å²) < 4.78 is 0. The van der Waals surface area contributed by atoms with E-state index in [1.165, 1.54) is 77.0 Å². The topological polar surface area (TPSA) is 37.3 Å². The van der Waals surface area contributed by atoms with Crippen molar-refractivity contribution in [2.45, 2.75) is 104 Å². The molecule has 24 heavy (non-hydrogen) atoms. The van der Waals surface area contributed by atoms with Gasteiger partial charge in [-0.25, -0.2) is 0 Å². The van der Waals surface area contributed by atoms with Crippen LogP contribution in [0.25, 0.3) is 0 Å². The molecular formula is C22H42O2. The number of allylic oxidation sites excluding steroid dienone is 2. The molecule has 0 spiro atoms. The second-order valence-electron chi connectivity index (χ2n) is 7.29. The number of carbonyl (C=O) groups is 1. The molecule has 0 saturated heterocycles. The lowest BCUT2D eigenvalue weighted by Gasteiger charge is -2.16. The number of unbranched alkanes of at least 4 members (excludes halogenated alkanes) is 7. The summed E-state index contributed by atoms with van der Waals surface area (Å²) in [6.45, 7) is 3.98. The van der Waals surface area contributed by atoms with E-state index in [0.29, 0.717) is 5.78 Å². The molecule has 0 aromatic carbocycles. The van der Waals surface area contributed by atoms with Gasteiger partial charge in [-0.3, -0.25) is 0 Å². The van der Waals surface area contributed by atoms with Gasteiger partial charge in [0.25, 0.3) is 0 Å². The number of rotatable bonds is 13. The molecule has 1 aliphatic carbocycles. The molecule has 1 saturated carbocycles. The normalized spacial score (nSPS) is 20.2. The third-order valence-corrected chi connectivity index (χ3v) is 5.18. The monoisotopic (exact) mass is 338 g/mol. The first kappa shape index (κ1) is 23.4. The Bertz CT molecular complexity index is 309. The fourth-order valence-corrected chi connectivity index (χ4v) is 3.77. The molecule has 2 nitrogen and oxygen atoms in total. The number of Topliss-reactive ketones (excluding diaryl/α,β-unsaturated/α-hetero) is 1. The minimum absolute atomic E-state index is 0.347. The second-order valence-corrected chi connectivity index (χ2v) is 7.29. The zero-order chi connectivity index (χ0) is 18.0. The van der Waals surface area contributed by atoms with E-state index in [0.717, 1.165) is 31.8 Å². The van der Waals surface area contributed by atoms with Crippen molar-refractivity contribution in [1.29, 1.82) is 0 Å². The van der Waals surface area contributed by atoms with Crippen LogP contribution in [0, 0.1) is 11.8 Å². The van der Waals surface area contributed by atoms with Gasteiger partial charge in [-0.15, -0.1) is 0 Å². The Morgan fingerprint density at radius 3 is 2.42 bits per heavy atom. The first-order chi connectivity index (χ1) is 11.7. The van der Waals surface area contributed by atoms with E-state index in [1.807, 2.05) is 0 Å². The molecule has 1 fully saturated rings. The highest BCUT2D eigenvalue weighted by Crippen LogP contribution is 2.36. The Morgan fingerprint density at radius 2 is 1.71 bits per heavy atom. The maximum atomic E-state index is 10.9. The van der Waals surface area contributed by atoms with E-state index in [1.54, 1.807) is 6.92 Å². The average Bonchev–Trinajstić information content (AvgIpc) is 3.03. The van der Waals surface area contributed by atoms with Crippen LogP contribution >= 0.6 is 0 Å². The number of hydrogen-bond donors (Lipinski definition) is 1. The summed E-state index contributed by atoms with van der Waals surface area (Å²) in [5.74, 6) is 2.16. The molecule has 0 aromatic heterocycles. The maximum Gasteiger partial charge on any atom is 0.129 e. The van der Waals surface area contributed by atoms with Crippen molar-refractivity contribution < 1.29 is 9.90 Å². The molecule has 0 amide bonds. The van der Waals surface area contributed by atoms with Crippen molar-refractivity contribution in [2.24, 2.45) is 11.8 Å². The van der Waals surface area contributed by atoms with Crippen LogP contribution in [0.15, 0.2) is 12.2 Å². The Hall–Kier alpha value is -0.630. The van der Waals surface area contributed by atoms with Crippen LogP contribution in [-0.4, -0.2) is 18.0 Å². The van der Waals surface area contributed by atoms with Crippen molar-refractivity contribution in [1.82, 2.24) is 0 Å². The molecule has 0 bridgehead atoms. The fourth-order valence-electron chi connectivity index (χ4n) is 3.77. The van der Waals surface area contributed by atoms with Gasteiger partial charge in [0.2, 0.25) is 0 Å². The Labute approximate surface area is 151 Å². The first-order valence-corrected chi connectivity index (χ1v) is 10.3. The third-order valence-electron chi connectivity index (χ3n) is 5.18. The smallest absolute Gasteiger partial charge is 0.129 e. The number of aliphatic hydroxyl groups excluding tert-OH is 1. The van der Waals surface area contributed by atoms with Gasteiger partial charge in [-0.1, -0.05) is 64.0 Å². The van der Waals surface area contributed by atoms with Gasteiger partial charge < -0.3 is 9.90 Å². The molecule has 1 rings (SSSR count). The van der Waals surface area contributed by atoms with Crippen LogP contribution in [0.5, 0.6) is 0 Å². The number of hydrogen-bond acceptors (Lipinski definition) is 2. The maximum absolute atomic E-state index is 10.9. The fraction of sp³-hybridized carbons (Fsp3) is 0.864. The zero-order valence-electron chi connectivity index (χ0n) is 16.6. The van der Waals surface area contributed by atoms with Gasteiger partial charge in [0, 0.05) is 13.5 Å². The summed E-state index contributed by atoms with van der Waals surface area (Å²) in [6, 6.07) is 0. The standard InChI is InChI=1S/C21H38O.CH4O/c1-3-4-5-6-7-11-15-20-17-13-18-21(20)16-12-9-8-10-14-19(2)22;1-2/h11,15,20-21H,3-10,12-14,16-18H2,1-2H3;2H,1H3/b15-11+;. The molecular weight excluding hydrogens is 296 g/mol. The van der Waals surface area contributed by atoms with E-state index < -0.39 is 0 Å². The van der Waals surface area contributed by atoms with E-state index >= 15 is 0 Å². The van der Waals surface area contributed by atoms with Crippen molar-refractivity contribution in [3.05, 3.63) is 12.2 Å². The molecule has 0 aromatic rings. The predicted octanol–water partition coefficient (Wildman–Crippen LogP) is 6.47. The van der Waals surface area contributed by atoms with Crippen LogP contribution in [0.4, 0.5) is 0 Å². The van der Waals surface area contributed by atoms with Crippen molar-refractivity contribution in [3.8, 4) is 0 Å². The average molecular weight is 339 g/mol. The van der Waals surface area contributed by atoms with Gasteiger partial charge in [0.15, 0.2) is 0 Å². The summed E-state index contributed by atoms with van der Waals surface area (Å²) in [7, 11) is 1.00. The lowest BCUT2D eigenvalue weighted by atomic mass is 9.90. The molecule has 0 radical (unpaired) electrons. The quantitative estimate of drug-likeness (QED) is 0.309. The summed E-state index contributed by atoms with van der Waals surface area (Å²) >= 11 is 0. The lowest BCUT2D eigenvalue weighted by Crippen LogP contribution is -2.05. The van der Waals surface area contributed by atoms with Gasteiger partial charge in [0.1, 0.15) is 5.78 Å². The first-order valence-electron chi connectivity index (χ1n) is 10.3. The summed E-state index contributed by atoms with van der Waals surface area (Å²) in [6.07, 6.45) is 23.3. The molecule has 2 unspecified atom stereocenters. The SMILES string of the molecule is CCCCCC/C=C/C1CCCC1CCCCCCC(C)=O.CO. The van der Waals surface area contributed by atoms with Crippen LogP contribution in [-0.2, 0) is 4.79 Å². The zero-order valence-corrected chi connectivity index (χ0v) is 16.6. The minimum atomic E-state index is 0.347. The number of carbonyl (C=O) groups excluding carboxylic acids is 1. The molecule has 0 aliphatic heterocycles. The van der Waals surface area contributed by atoms with E-state index in [4.69, 9.17) is 5.11 Å². The minimum Gasteiger partial charge on any atom is -0.400 e. The summed E-state index contributed by atoms with van der Waals surface area (Å²) in [4.78, 5) is 10.9. The Kier molecular flexibility index (Phi) is 16.7. The molecule has 0 heterocycles. The predicted molar refractivity (Wildman–Crippen MR) is 105 cm³/mol. The second kappa shape index (κ2) is 17.2.